The quantitative estimate of drug-likeness (QED) is 0.887. The van der Waals surface area contributed by atoms with Crippen LogP contribution in [0.3, 0.4) is 0 Å². The second kappa shape index (κ2) is 6.99. The van der Waals surface area contributed by atoms with Gasteiger partial charge in [-0.15, -0.1) is 0 Å². The Labute approximate surface area is 124 Å². The third-order valence-electron chi connectivity index (χ3n) is 3.38. The molecule has 0 aliphatic heterocycles. The Balaban J connectivity index is 1.94. The first-order valence-electron chi connectivity index (χ1n) is 6.92. The van der Waals surface area contributed by atoms with Gasteiger partial charge in [0.1, 0.15) is 5.82 Å². The molecule has 0 spiro atoms. The molecule has 110 valence electrons. The Bertz CT molecular complexity index is 601. The lowest BCUT2D eigenvalue weighted by Gasteiger charge is -2.17. The van der Waals surface area contributed by atoms with Gasteiger partial charge in [0, 0.05) is 18.0 Å². The van der Waals surface area contributed by atoms with Crippen LogP contribution in [0.5, 0.6) is 0 Å². The molecule has 3 N–H and O–H groups in total. The lowest BCUT2D eigenvalue weighted by atomic mass is 10.0. The van der Waals surface area contributed by atoms with Crippen molar-refractivity contribution < 1.29 is 9.18 Å². The van der Waals surface area contributed by atoms with Crippen LogP contribution in [0.15, 0.2) is 54.6 Å². The minimum atomic E-state index is -0.387. The van der Waals surface area contributed by atoms with Crippen LogP contribution < -0.4 is 11.1 Å². The first-order chi connectivity index (χ1) is 10.1. The maximum atomic E-state index is 13.6. The molecule has 0 bridgehead atoms. The van der Waals surface area contributed by atoms with Gasteiger partial charge in [0.2, 0.25) is 5.91 Å². The molecule has 1 amide bonds. The fraction of sp³-hybridized carbons (Fsp3) is 0.235. The van der Waals surface area contributed by atoms with Crippen LogP contribution in [0.25, 0.3) is 0 Å². The fourth-order valence-corrected chi connectivity index (χ4v) is 2.22. The van der Waals surface area contributed by atoms with Crippen LogP contribution in [-0.2, 0) is 4.79 Å². The smallest absolute Gasteiger partial charge is 0.222 e. The third-order valence-corrected chi connectivity index (χ3v) is 3.38. The van der Waals surface area contributed by atoms with Gasteiger partial charge in [-0.3, -0.25) is 4.79 Å². The molecule has 2 aromatic carbocycles. The van der Waals surface area contributed by atoms with Crippen LogP contribution in [0.2, 0.25) is 0 Å². The first kappa shape index (κ1) is 15.2. The number of hydrogen-bond donors (Lipinski definition) is 2. The van der Waals surface area contributed by atoms with E-state index in [4.69, 9.17) is 5.73 Å². The molecule has 3 nitrogen and oxygen atoms in total. The number of halogens is 1. The normalized spacial score (nSPS) is 13.5. The zero-order chi connectivity index (χ0) is 15.2. The summed E-state index contributed by atoms with van der Waals surface area (Å²) < 4.78 is 13.6. The highest BCUT2D eigenvalue weighted by molar-refractivity contribution is 5.77. The maximum absolute atomic E-state index is 13.6. The number of nitrogens with one attached hydrogen (secondary N) is 1. The summed E-state index contributed by atoms with van der Waals surface area (Å²) in [6, 6.07) is 15.1. The topological polar surface area (TPSA) is 55.1 Å². The molecule has 1 unspecified atom stereocenters. The average molecular weight is 286 g/mol. The molecular weight excluding hydrogens is 267 g/mol. The first-order valence-corrected chi connectivity index (χ1v) is 6.92. The predicted molar refractivity (Wildman–Crippen MR) is 80.9 cm³/mol. The summed E-state index contributed by atoms with van der Waals surface area (Å²) in [6.45, 7) is 1.75. The number of hydrogen-bond acceptors (Lipinski definition) is 2. The summed E-state index contributed by atoms with van der Waals surface area (Å²) in [6.07, 6.45) is 0.169. The molecule has 0 saturated heterocycles. The van der Waals surface area contributed by atoms with Crippen molar-refractivity contribution in [1.29, 1.82) is 0 Å². The molecule has 2 atom stereocenters. The fourth-order valence-electron chi connectivity index (χ4n) is 2.22. The van der Waals surface area contributed by atoms with Crippen LogP contribution in [0.4, 0.5) is 4.39 Å². The highest BCUT2D eigenvalue weighted by atomic mass is 19.1. The van der Waals surface area contributed by atoms with E-state index >= 15 is 0 Å². The van der Waals surface area contributed by atoms with Gasteiger partial charge in [-0.05, 0) is 18.6 Å². The van der Waals surface area contributed by atoms with E-state index < -0.39 is 0 Å². The zero-order valence-electron chi connectivity index (χ0n) is 11.9. The summed E-state index contributed by atoms with van der Waals surface area (Å²) >= 11 is 0. The van der Waals surface area contributed by atoms with Crippen LogP contribution in [-0.4, -0.2) is 5.91 Å². The van der Waals surface area contributed by atoms with Gasteiger partial charge in [0.25, 0.3) is 0 Å². The van der Waals surface area contributed by atoms with E-state index in [9.17, 15) is 9.18 Å². The van der Waals surface area contributed by atoms with E-state index in [0.717, 1.165) is 5.56 Å². The lowest BCUT2D eigenvalue weighted by Crippen LogP contribution is -2.30. The standard InChI is InChI=1S/C17H19FN2O/c1-12(14-9-5-6-10-15(14)18)20-17(21)11-16(19)13-7-3-2-4-8-13/h2-10,12,16H,11,19H2,1H3,(H,20,21)/t12-,16?/m1/s1. The summed E-state index contributed by atoms with van der Waals surface area (Å²) in [7, 11) is 0. The van der Waals surface area contributed by atoms with Gasteiger partial charge in [-0.2, -0.15) is 0 Å². The van der Waals surface area contributed by atoms with Crippen molar-refractivity contribution in [2.75, 3.05) is 0 Å². The van der Waals surface area contributed by atoms with Gasteiger partial charge < -0.3 is 11.1 Å². The minimum Gasteiger partial charge on any atom is -0.349 e. The molecule has 2 aromatic rings. The van der Waals surface area contributed by atoms with E-state index in [1.807, 2.05) is 30.3 Å². The Morgan fingerprint density at radius 1 is 1.14 bits per heavy atom. The molecule has 0 aliphatic carbocycles. The van der Waals surface area contributed by atoms with Gasteiger partial charge in [0.15, 0.2) is 0 Å². The van der Waals surface area contributed by atoms with Crippen molar-refractivity contribution in [2.45, 2.75) is 25.4 Å². The number of carbonyl (C=O) groups is 1. The Morgan fingerprint density at radius 2 is 1.76 bits per heavy atom. The summed E-state index contributed by atoms with van der Waals surface area (Å²) in [5.41, 5.74) is 7.39. The van der Waals surface area contributed by atoms with E-state index in [1.165, 1.54) is 6.07 Å². The van der Waals surface area contributed by atoms with Crippen molar-refractivity contribution >= 4 is 5.91 Å². The van der Waals surface area contributed by atoms with Gasteiger partial charge in [-0.25, -0.2) is 4.39 Å². The molecule has 0 radical (unpaired) electrons. The van der Waals surface area contributed by atoms with Crippen LogP contribution in [0, 0.1) is 5.82 Å². The van der Waals surface area contributed by atoms with Crippen molar-refractivity contribution in [3.05, 3.63) is 71.5 Å². The van der Waals surface area contributed by atoms with Crippen molar-refractivity contribution in [3.63, 3.8) is 0 Å². The van der Waals surface area contributed by atoms with Gasteiger partial charge in [0.05, 0.1) is 6.04 Å². The second-order valence-corrected chi connectivity index (χ2v) is 5.03. The zero-order valence-corrected chi connectivity index (χ0v) is 11.9. The average Bonchev–Trinajstić information content (AvgIpc) is 2.48. The monoisotopic (exact) mass is 286 g/mol. The molecule has 0 aromatic heterocycles. The third kappa shape index (κ3) is 4.13. The molecule has 0 saturated carbocycles. The molecule has 4 heteroatoms. The molecule has 2 rings (SSSR count). The van der Waals surface area contributed by atoms with Crippen molar-refractivity contribution in [3.8, 4) is 0 Å². The lowest BCUT2D eigenvalue weighted by molar-refractivity contribution is -0.122. The number of nitrogens with two attached hydrogens (primary N) is 1. The largest absolute Gasteiger partial charge is 0.349 e. The van der Waals surface area contributed by atoms with E-state index in [1.54, 1.807) is 25.1 Å². The predicted octanol–water partition coefficient (Wildman–Crippen LogP) is 3.09. The number of benzene rings is 2. The molecule has 0 aliphatic rings. The molecule has 21 heavy (non-hydrogen) atoms. The van der Waals surface area contributed by atoms with Crippen molar-refractivity contribution in [2.24, 2.45) is 5.73 Å². The Hall–Kier alpha value is -2.20. The molecule has 0 fully saturated rings. The van der Waals surface area contributed by atoms with Gasteiger partial charge >= 0.3 is 0 Å². The van der Waals surface area contributed by atoms with E-state index in [2.05, 4.69) is 5.32 Å². The summed E-state index contributed by atoms with van der Waals surface area (Å²) in [5, 5.41) is 2.78. The highest BCUT2D eigenvalue weighted by Crippen LogP contribution is 2.18. The Morgan fingerprint density at radius 3 is 2.43 bits per heavy atom. The summed E-state index contributed by atoms with van der Waals surface area (Å²) in [4.78, 5) is 12.0. The molecule has 0 heterocycles. The second-order valence-electron chi connectivity index (χ2n) is 5.03. The molecular formula is C17H19FN2O. The van der Waals surface area contributed by atoms with E-state index in [0.29, 0.717) is 5.56 Å². The number of amides is 1. The SMILES string of the molecule is C[C@@H](NC(=O)CC(N)c1ccccc1)c1ccccc1F. The van der Waals surface area contributed by atoms with E-state index in [-0.39, 0.29) is 30.2 Å². The Kier molecular flexibility index (Phi) is 5.06. The minimum absolute atomic E-state index is 0.169. The summed E-state index contributed by atoms with van der Waals surface area (Å²) in [5.74, 6) is -0.514. The van der Waals surface area contributed by atoms with Gasteiger partial charge in [-0.1, -0.05) is 48.5 Å². The van der Waals surface area contributed by atoms with Crippen LogP contribution >= 0.6 is 0 Å². The highest BCUT2D eigenvalue weighted by Gasteiger charge is 2.16. The number of rotatable bonds is 5. The number of carbonyl (C=O) groups excluding carboxylic acids is 1. The van der Waals surface area contributed by atoms with Crippen LogP contribution in [0.1, 0.15) is 36.6 Å². The maximum Gasteiger partial charge on any atom is 0.222 e. The van der Waals surface area contributed by atoms with Crippen molar-refractivity contribution in [1.82, 2.24) is 5.32 Å².